The summed E-state index contributed by atoms with van der Waals surface area (Å²) in [4.78, 5) is 11.8. The van der Waals surface area contributed by atoms with Gasteiger partial charge in [-0.15, -0.1) is 0 Å². The molecule has 0 radical (unpaired) electrons. The number of nitrogens with one attached hydrogen (secondary N) is 1. The van der Waals surface area contributed by atoms with Crippen LogP contribution in [0.4, 0.5) is 18.9 Å². The number of amides is 1. The molecule has 0 saturated heterocycles. The minimum Gasteiger partial charge on any atom is -0.326 e. The summed E-state index contributed by atoms with van der Waals surface area (Å²) in [7, 11) is 0. The van der Waals surface area contributed by atoms with Crippen molar-refractivity contribution in [2.75, 3.05) is 5.32 Å². The van der Waals surface area contributed by atoms with Gasteiger partial charge in [0.25, 0.3) is 0 Å². The largest absolute Gasteiger partial charge is 0.416 e. The van der Waals surface area contributed by atoms with Crippen LogP contribution in [-0.4, -0.2) is 5.91 Å². The van der Waals surface area contributed by atoms with E-state index in [0.717, 1.165) is 11.6 Å². The molecule has 2 rings (SSSR count). The number of hydrogen-bond donors (Lipinski definition) is 1. The fraction of sp³-hybridized carbons (Fsp3) is 0.188. The first-order valence-electron chi connectivity index (χ1n) is 6.38. The summed E-state index contributed by atoms with van der Waals surface area (Å²) in [5, 5.41) is 2.49. The smallest absolute Gasteiger partial charge is 0.326 e. The van der Waals surface area contributed by atoms with Crippen LogP contribution in [0.5, 0.6) is 0 Å². The summed E-state index contributed by atoms with van der Waals surface area (Å²) in [5.74, 6) is -0.349. The summed E-state index contributed by atoms with van der Waals surface area (Å²) >= 11 is 0. The fourth-order valence-electron chi connectivity index (χ4n) is 1.99. The Kier molecular flexibility index (Phi) is 4.31. The Bertz CT molecular complexity index is 636. The van der Waals surface area contributed by atoms with Gasteiger partial charge in [-0.3, -0.25) is 4.79 Å². The molecule has 0 fully saturated rings. The Morgan fingerprint density at radius 3 is 2.38 bits per heavy atom. The number of hydrogen-bond acceptors (Lipinski definition) is 1. The number of alkyl halides is 3. The zero-order chi connectivity index (χ0) is 15.5. The molecule has 21 heavy (non-hydrogen) atoms. The van der Waals surface area contributed by atoms with Gasteiger partial charge < -0.3 is 5.32 Å². The lowest BCUT2D eigenvalue weighted by Crippen LogP contribution is -2.15. The van der Waals surface area contributed by atoms with Gasteiger partial charge in [0.2, 0.25) is 5.91 Å². The van der Waals surface area contributed by atoms with E-state index < -0.39 is 11.7 Å². The number of benzene rings is 2. The maximum atomic E-state index is 12.8. The standard InChI is InChI=1S/C16H14F3NO/c1-11-7-8-13(10-14(11)16(17,18)19)20-15(21)9-12-5-3-2-4-6-12/h2-8,10H,9H2,1H3,(H,20,21). The Labute approximate surface area is 120 Å². The van der Waals surface area contributed by atoms with E-state index in [4.69, 9.17) is 0 Å². The molecule has 110 valence electrons. The minimum atomic E-state index is -4.43. The van der Waals surface area contributed by atoms with E-state index in [-0.39, 0.29) is 23.6 Å². The minimum absolute atomic E-state index is 0.121. The highest BCUT2D eigenvalue weighted by Crippen LogP contribution is 2.33. The Balaban J connectivity index is 2.11. The highest BCUT2D eigenvalue weighted by molar-refractivity contribution is 5.92. The number of aryl methyl sites for hydroxylation is 1. The number of carbonyl (C=O) groups excluding carboxylic acids is 1. The molecule has 1 amide bonds. The predicted octanol–water partition coefficient (Wildman–Crippen LogP) is 4.20. The average Bonchev–Trinajstić information content (AvgIpc) is 2.41. The first kappa shape index (κ1) is 15.1. The van der Waals surface area contributed by atoms with Crippen molar-refractivity contribution in [3.63, 3.8) is 0 Å². The van der Waals surface area contributed by atoms with E-state index in [2.05, 4.69) is 5.32 Å². The van der Waals surface area contributed by atoms with Gasteiger partial charge in [0.15, 0.2) is 0 Å². The first-order chi connectivity index (χ1) is 9.86. The summed E-state index contributed by atoms with van der Waals surface area (Å²) < 4.78 is 38.4. The second kappa shape index (κ2) is 5.99. The molecule has 0 bridgehead atoms. The molecular weight excluding hydrogens is 279 g/mol. The molecule has 0 atom stereocenters. The van der Waals surface area contributed by atoms with Gasteiger partial charge in [0.05, 0.1) is 12.0 Å². The van der Waals surface area contributed by atoms with E-state index in [9.17, 15) is 18.0 Å². The maximum absolute atomic E-state index is 12.8. The summed E-state index contributed by atoms with van der Waals surface area (Å²) in [6.45, 7) is 1.39. The molecule has 0 heterocycles. The highest BCUT2D eigenvalue weighted by atomic mass is 19.4. The molecule has 0 spiro atoms. The summed E-state index contributed by atoms with van der Waals surface area (Å²) in [5.41, 5.74) is 0.343. The quantitative estimate of drug-likeness (QED) is 0.903. The summed E-state index contributed by atoms with van der Waals surface area (Å²) in [6.07, 6.45) is -4.31. The second-order valence-electron chi connectivity index (χ2n) is 4.74. The lowest BCUT2D eigenvalue weighted by Gasteiger charge is -2.12. The first-order valence-corrected chi connectivity index (χ1v) is 6.38. The SMILES string of the molecule is Cc1ccc(NC(=O)Cc2ccccc2)cc1C(F)(F)F. The molecular formula is C16H14F3NO. The Morgan fingerprint density at radius 2 is 1.76 bits per heavy atom. The van der Waals surface area contributed by atoms with Crippen molar-refractivity contribution < 1.29 is 18.0 Å². The monoisotopic (exact) mass is 293 g/mol. The zero-order valence-electron chi connectivity index (χ0n) is 11.4. The van der Waals surface area contributed by atoms with Gasteiger partial charge in [-0.05, 0) is 30.2 Å². The van der Waals surface area contributed by atoms with Crippen molar-refractivity contribution in [1.82, 2.24) is 0 Å². The number of carbonyl (C=O) groups is 1. The van der Waals surface area contributed by atoms with Crippen molar-refractivity contribution in [2.45, 2.75) is 19.5 Å². The molecule has 0 aromatic heterocycles. The van der Waals surface area contributed by atoms with Crippen molar-refractivity contribution in [1.29, 1.82) is 0 Å². The van der Waals surface area contributed by atoms with Gasteiger partial charge in [-0.25, -0.2) is 0 Å². The van der Waals surface area contributed by atoms with Crippen molar-refractivity contribution in [2.24, 2.45) is 0 Å². The van der Waals surface area contributed by atoms with Crippen LogP contribution in [0.1, 0.15) is 16.7 Å². The fourth-order valence-corrected chi connectivity index (χ4v) is 1.99. The molecule has 0 saturated carbocycles. The predicted molar refractivity (Wildman–Crippen MR) is 75.0 cm³/mol. The van der Waals surface area contributed by atoms with E-state index in [1.165, 1.54) is 19.1 Å². The second-order valence-corrected chi connectivity index (χ2v) is 4.74. The van der Waals surface area contributed by atoms with Gasteiger partial charge in [-0.2, -0.15) is 13.2 Å². The molecule has 0 aliphatic heterocycles. The van der Waals surface area contributed by atoms with Crippen LogP contribution in [0.3, 0.4) is 0 Å². The van der Waals surface area contributed by atoms with Crippen LogP contribution in [0.25, 0.3) is 0 Å². The normalized spacial score (nSPS) is 11.2. The van der Waals surface area contributed by atoms with Crippen molar-refractivity contribution in [3.05, 3.63) is 65.2 Å². The third-order valence-corrected chi connectivity index (χ3v) is 3.03. The Hall–Kier alpha value is -2.30. The van der Waals surface area contributed by atoms with Gasteiger partial charge in [-0.1, -0.05) is 36.4 Å². The van der Waals surface area contributed by atoms with Crippen LogP contribution in [0, 0.1) is 6.92 Å². The molecule has 2 nitrogen and oxygen atoms in total. The van der Waals surface area contributed by atoms with Crippen LogP contribution in [0.2, 0.25) is 0 Å². The number of halogens is 3. The lowest BCUT2D eigenvalue weighted by molar-refractivity contribution is -0.138. The van der Waals surface area contributed by atoms with Crippen LogP contribution in [0.15, 0.2) is 48.5 Å². The van der Waals surface area contributed by atoms with Gasteiger partial charge >= 0.3 is 6.18 Å². The van der Waals surface area contributed by atoms with Crippen molar-refractivity contribution in [3.8, 4) is 0 Å². The van der Waals surface area contributed by atoms with Gasteiger partial charge in [0.1, 0.15) is 0 Å². The third kappa shape index (κ3) is 4.08. The van der Waals surface area contributed by atoms with Crippen molar-refractivity contribution >= 4 is 11.6 Å². The number of anilines is 1. The molecule has 2 aromatic rings. The van der Waals surface area contributed by atoms with E-state index in [1.807, 2.05) is 6.07 Å². The molecule has 0 unspecified atom stereocenters. The zero-order valence-corrected chi connectivity index (χ0v) is 11.4. The lowest BCUT2D eigenvalue weighted by atomic mass is 10.1. The number of rotatable bonds is 3. The summed E-state index contributed by atoms with van der Waals surface area (Å²) in [6, 6.07) is 12.8. The molecule has 1 N–H and O–H groups in total. The average molecular weight is 293 g/mol. The highest BCUT2D eigenvalue weighted by Gasteiger charge is 2.32. The molecule has 5 heteroatoms. The van der Waals surface area contributed by atoms with E-state index in [1.54, 1.807) is 24.3 Å². The van der Waals surface area contributed by atoms with Crippen LogP contribution >= 0.6 is 0 Å². The van der Waals surface area contributed by atoms with Crippen LogP contribution in [-0.2, 0) is 17.4 Å². The topological polar surface area (TPSA) is 29.1 Å². The maximum Gasteiger partial charge on any atom is 0.416 e. The Morgan fingerprint density at radius 1 is 1.10 bits per heavy atom. The van der Waals surface area contributed by atoms with E-state index >= 15 is 0 Å². The van der Waals surface area contributed by atoms with E-state index in [0.29, 0.717) is 0 Å². The molecule has 0 aliphatic rings. The van der Waals surface area contributed by atoms with Crippen LogP contribution < -0.4 is 5.32 Å². The third-order valence-electron chi connectivity index (χ3n) is 3.03. The molecule has 2 aromatic carbocycles. The van der Waals surface area contributed by atoms with Gasteiger partial charge in [0, 0.05) is 5.69 Å². The molecule has 0 aliphatic carbocycles.